The fraction of sp³-hybridized carbons (Fsp3) is 0.677. The molecule has 3 N–H and O–H groups in total. The van der Waals surface area contributed by atoms with Crippen LogP contribution in [0.1, 0.15) is 77.2 Å². The fourth-order valence-electron chi connectivity index (χ4n) is 6.07. The second-order valence-electron chi connectivity index (χ2n) is 12.2. The summed E-state index contributed by atoms with van der Waals surface area (Å²) in [5.74, 6) is 0.257. The average molecular weight is 556 g/mol. The molecule has 2 amide bonds. The maximum Gasteiger partial charge on any atom is 0.243 e. The number of hydrogen-bond donors (Lipinski definition) is 3. The molecule has 1 aromatic rings. The maximum absolute atomic E-state index is 13.7. The highest BCUT2D eigenvalue weighted by atomic mass is 16.6. The number of carbonyl (C=O) groups excluding carboxylic acids is 4. The van der Waals surface area contributed by atoms with Crippen molar-refractivity contribution >= 4 is 23.9 Å². The van der Waals surface area contributed by atoms with Crippen molar-refractivity contribution in [2.75, 3.05) is 20.3 Å². The van der Waals surface area contributed by atoms with Crippen molar-refractivity contribution in [1.82, 2.24) is 16.0 Å². The number of nitrogens with one attached hydrogen (secondary N) is 3. The largest absolute Gasteiger partial charge is 0.497 e. The first kappa shape index (κ1) is 30.2. The third-order valence-corrected chi connectivity index (χ3v) is 9.01. The first-order valence-corrected chi connectivity index (χ1v) is 14.8. The molecule has 0 radical (unpaired) electrons. The highest BCUT2D eigenvalue weighted by Gasteiger charge is 2.50. The van der Waals surface area contributed by atoms with Crippen molar-refractivity contribution in [2.24, 2.45) is 11.3 Å². The number of methoxy groups -OCH3 is 1. The first-order chi connectivity index (χ1) is 19.2. The van der Waals surface area contributed by atoms with E-state index < -0.39 is 35.0 Å². The monoisotopic (exact) mass is 555 g/mol. The van der Waals surface area contributed by atoms with Crippen molar-refractivity contribution < 1.29 is 28.7 Å². The first-order valence-electron chi connectivity index (χ1n) is 14.8. The Morgan fingerprint density at radius 1 is 1.02 bits per heavy atom. The summed E-state index contributed by atoms with van der Waals surface area (Å²) in [5, 5.41) is 9.12. The van der Waals surface area contributed by atoms with E-state index in [1.807, 2.05) is 24.3 Å². The number of epoxide rings is 1. The number of rotatable bonds is 15. The Kier molecular flexibility index (Phi) is 10.0. The van der Waals surface area contributed by atoms with E-state index in [9.17, 15) is 19.2 Å². The lowest BCUT2D eigenvalue weighted by Gasteiger charge is -2.28. The van der Waals surface area contributed by atoms with Crippen LogP contribution in [0.25, 0.3) is 0 Å². The second kappa shape index (κ2) is 13.3. The van der Waals surface area contributed by atoms with Gasteiger partial charge < -0.3 is 30.2 Å². The van der Waals surface area contributed by atoms with Gasteiger partial charge in [0.15, 0.2) is 5.78 Å². The van der Waals surface area contributed by atoms with E-state index in [0.717, 1.165) is 63.2 Å². The molecule has 2 saturated carbocycles. The summed E-state index contributed by atoms with van der Waals surface area (Å²) in [6.45, 7) is 4.30. The van der Waals surface area contributed by atoms with Gasteiger partial charge in [-0.25, -0.2) is 0 Å². The van der Waals surface area contributed by atoms with Gasteiger partial charge in [0.2, 0.25) is 11.8 Å². The van der Waals surface area contributed by atoms with Crippen LogP contribution in [-0.2, 0) is 30.3 Å². The van der Waals surface area contributed by atoms with Crippen molar-refractivity contribution in [1.29, 1.82) is 0 Å². The Bertz CT molecular complexity index is 1040. The number of amides is 2. The third kappa shape index (κ3) is 7.69. The lowest BCUT2D eigenvalue weighted by atomic mass is 9.88. The lowest BCUT2D eigenvalue weighted by Crippen LogP contribution is -2.57. The third-order valence-electron chi connectivity index (χ3n) is 9.01. The molecule has 0 aromatic heterocycles. The number of aldehydes is 1. The standard InChI is InChI=1S/C31H45N3O6/c1-21(32-18-31(19-35)14-6-7-15-31)28(37)34-26(17-23-10-12-24(39-3)13-11-23)29(38)33-25(16-22-8-4-5-9-22)27(36)30(2)20-40-30/h10-13,19,21-22,25-26,32H,4-9,14-18,20H2,1-3H3,(H,33,38)(H,34,37). The Morgan fingerprint density at radius 2 is 1.65 bits per heavy atom. The number of ketones is 1. The molecule has 1 aromatic carbocycles. The van der Waals surface area contributed by atoms with Gasteiger partial charge in [0, 0.05) is 18.4 Å². The van der Waals surface area contributed by atoms with Gasteiger partial charge in [-0.15, -0.1) is 0 Å². The van der Waals surface area contributed by atoms with Gasteiger partial charge in [-0.3, -0.25) is 14.4 Å². The quantitative estimate of drug-likeness (QED) is 0.224. The number of Topliss-reactive ketones (excluding diaryl/α,β-unsaturated/α-hetero) is 1. The SMILES string of the molecule is COc1ccc(CC(NC(=O)C(C)NCC2(C=O)CCCC2)C(=O)NC(CC2CCCC2)C(=O)C2(C)CO2)cc1. The molecule has 2 aliphatic carbocycles. The molecule has 3 aliphatic rings. The minimum atomic E-state index is -0.886. The zero-order chi connectivity index (χ0) is 28.8. The predicted octanol–water partition coefficient (Wildman–Crippen LogP) is 2.88. The topological polar surface area (TPSA) is 126 Å². The van der Waals surface area contributed by atoms with E-state index >= 15 is 0 Å². The minimum absolute atomic E-state index is 0.104. The van der Waals surface area contributed by atoms with Crippen LogP contribution in [0.5, 0.6) is 5.75 Å². The van der Waals surface area contributed by atoms with Crippen LogP contribution in [0, 0.1) is 11.3 Å². The summed E-state index contributed by atoms with van der Waals surface area (Å²) >= 11 is 0. The molecule has 0 bridgehead atoms. The summed E-state index contributed by atoms with van der Waals surface area (Å²) < 4.78 is 10.7. The van der Waals surface area contributed by atoms with Gasteiger partial charge in [-0.1, -0.05) is 50.7 Å². The van der Waals surface area contributed by atoms with Crippen molar-refractivity contribution in [3.63, 3.8) is 0 Å². The fourth-order valence-corrected chi connectivity index (χ4v) is 6.07. The molecule has 1 heterocycles. The van der Waals surface area contributed by atoms with Gasteiger partial charge in [0.05, 0.1) is 25.8 Å². The zero-order valence-corrected chi connectivity index (χ0v) is 24.1. The molecule has 0 spiro atoms. The summed E-state index contributed by atoms with van der Waals surface area (Å²) in [4.78, 5) is 52.1. The predicted molar refractivity (Wildman–Crippen MR) is 151 cm³/mol. The van der Waals surface area contributed by atoms with E-state index in [1.165, 1.54) is 0 Å². The van der Waals surface area contributed by atoms with Gasteiger partial charge >= 0.3 is 0 Å². The molecule has 4 unspecified atom stereocenters. The Labute approximate surface area is 237 Å². The Hall–Kier alpha value is -2.78. The summed E-state index contributed by atoms with van der Waals surface area (Å²) in [6, 6.07) is 5.20. The summed E-state index contributed by atoms with van der Waals surface area (Å²) in [7, 11) is 1.59. The molecule has 1 aliphatic heterocycles. The molecule has 9 nitrogen and oxygen atoms in total. The normalized spacial score (nSPS) is 24.1. The van der Waals surface area contributed by atoms with Crippen molar-refractivity contribution in [2.45, 2.75) is 102 Å². The van der Waals surface area contributed by atoms with Gasteiger partial charge in [-0.05, 0) is 56.7 Å². The molecule has 220 valence electrons. The van der Waals surface area contributed by atoms with Crippen molar-refractivity contribution in [3.05, 3.63) is 29.8 Å². The number of hydrogen-bond acceptors (Lipinski definition) is 7. The summed E-state index contributed by atoms with van der Waals surface area (Å²) in [5.41, 5.74) is -0.425. The maximum atomic E-state index is 13.7. The number of benzene rings is 1. The number of carbonyl (C=O) groups is 4. The Morgan fingerprint density at radius 3 is 2.23 bits per heavy atom. The highest BCUT2D eigenvalue weighted by molar-refractivity contribution is 5.98. The van der Waals surface area contributed by atoms with Crippen LogP contribution in [0.3, 0.4) is 0 Å². The van der Waals surface area contributed by atoms with Crippen molar-refractivity contribution in [3.8, 4) is 5.75 Å². The van der Waals surface area contributed by atoms with E-state index in [0.29, 0.717) is 31.2 Å². The van der Waals surface area contributed by atoms with Crippen LogP contribution >= 0.6 is 0 Å². The molecule has 9 heteroatoms. The van der Waals surface area contributed by atoms with E-state index in [4.69, 9.17) is 9.47 Å². The smallest absolute Gasteiger partial charge is 0.243 e. The van der Waals surface area contributed by atoms with Gasteiger partial charge in [0.1, 0.15) is 23.7 Å². The molecular weight excluding hydrogens is 510 g/mol. The molecule has 4 atom stereocenters. The van der Waals surface area contributed by atoms with Crippen LogP contribution in [0.2, 0.25) is 0 Å². The molecular formula is C31H45N3O6. The van der Waals surface area contributed by atoms with E-state index in [1.54, 1.807) is 21.0 Å². The second-order valence-corrected chi connectivity index (χ2v) is 12.2. The van der Waals surface area contributed by atoms with Gasteiger partial charge in [0.25, 0.3) is 0 Å². The average Bonchev–Trinajstić information content (AvgIpc) is 3.33. The molecule has 3 fully saturated rings. The Balaban J connectivity index is 1.46. The highest BCUT2D eigenvalue weighted by Crippen LogP contribution is 2.36. The van der Waals surface area contributed by atoms with E-state index in [2.05, 4.69) is 16.0 Å². The van der Waals surface area contributed by atoms with Gasteiger partial charge in [-0.2, -0.15) is 0 Å². The van der Waals surface area contributed by atoms with Crippen LogP contribution in [0.15, 0.2) is 24.3 Å². The molecule has 1 saturated heterocycles. The lowest BCUT2D eigenvalue weighted by molar-refractivity contribution is -0.133. The van der Waals surface area contributed by atoms with Crippen LogP contribution < -0.4 is 20.7 Å². The van der Waals surface area contributed by atoms with Crippen LogP contribution in [0.4, 0.5) is 0 Å². The molecule has 4 rings (SSSR count). The molecule has 40 heavy (non-hydrogen) atoms. The minimum Gasteiger partial charge on any atom is -0.497 e. The van der Waals surface area contributed by atoms with E-state index in [-0.39, 0.29) is 18.1 Å². The van der Waals surface area contributed by atoms with Crippen LogP contribution in [-0.4, -0.2) is 67.9 Å². The zero-order valence-electron chi connectivity index (χ0n) is 24.1. The number of ether oxygens (including phenoxy) is 2. The summed E-state index contributed by atoms with van der Waals surface area (Å²) in [6.07, 6.45) is 9.89.